The molecule has 2 nitrogen and oxygen atoms in total. The highest BCUT2D eigenvalue weighted by Crippen LogP contribution is 2.25. The van der Waals surface area contributed by atoms with Crippen molar-refractivity contribution >= 4 is 5.78 Å². The first-order valence-corrected chi connectivity index (χ1v) is 9.00. The molecule has 0 aliphatic carbocycles. The van der Waals surface area contributed by atoms with Crippen LogP contribution in [-0.4, -0.2) is 10.8 Å². The molecular weight excluding hydrogens is 330 g/mol. The summed E-state index contributed by atoms with van der Waals surface area (Å²) in [5, 5.41) is 0. The summed E-state index contributed by atoms with van der Waals surface area (Å²) in [4.78, 5) is 17.5. The van der Waals surface area contributed by atoms with E-state index in [-0.39, 0.29) is 5.78 Å². The van der Waals surface area contributed by atoms with E-state index in [1.54, 1.807) is 0 Å². The Balaban J connectivity index is 1.75. The smallest absolute Gasteiger partial charge is 0.167 e. The Morgan fingerprint density at radius 3 is 1.56 bits per heavy atom. The number of aromatic nitrogens is 1. The van der Waals surface area contributed by atoms with Crippen LogP contribution in [-0.2, 0) is 6.42 Å². The first-order chi connectivity index (χ1) is 13.3. The van der Waals surface area contributed by atoms with Crippen molar-refractivity contribution in [2.75, 3.05) is 0 Å². The number of nitrogens with zero attached hydrogens (tertiary/aromatic N) is 1. The molecule has 2 heteroatoms. The Labute approximate surface area is 159 Å². The van der Waals surface area contributed by atoms with Gasteiger partial charge in [-0.15, -0.1) is 0 Å². The van der Waals surface area contributed by atoms with Crippen LogP contribution in [0.2, 0.25) is 0 Å². The standard InChI is InChI=1S/C25H19NO/c27-25(22-14-8-3-9-15-22)18-19-16-23(20-10-4-1-5-11-20)26-24(17-19)21-12-6-2-7-13-21/h1-17H,18H2. The summed E-state index contributed by atoms with van der Waals surface area (Å²) in [7, 11) is 0. The molecule has 4 rings (SSSR count). The van der Waals surface area contributed by atoms with Gasteiger partial charge in [0.1, 0.15) is 0 Å². The number of ketones is 1. The van der Waals surface area contributed by atoms with Crippen molar-refractivity contribution in [1.82, 2.24) is 4.98 Å². The molecule has 0 unspecified atom stereocenters. The summed E-state index contributed by atoms with van der Waals surface area (Å²) in [6, 6.07) is 33.6. The molecule has 3 aromatic carbocycles. The van der Waals surface area contributed by atoms with Crippen LogP contribution in [0.15, 0.2) is 103 Å². The van der Waals surface area contributed by atoms with E-state index in [1.807, 2.05) is 103 Å². The van der Waals surface area contributed by atoms with Gasteiger partial charge < -0.3 is 0 Å². The predicted octanol–water partition coefficient (Wildman–Crippen LogP) is 5.84. The van der Waals surface area contributed by atoms with Gasteiger partial charge in [-0.05, 0) is 17.7 Å². The van der Waals surface area contributed by atoms with Gasteiger partial charge in [-0.2, -0.15) is 0 Å². The van der Waals surface area contributed by atoms with Crippen LogP contribution in [0.5, 0.6) is 0 Å². The van der Waals surface area contributed by atoms with Gasteiger partial charge in [-0.25, -0.2) is 4.98 Å². The van der Waals surface area contributed by atoms with Crippen molar-refractivity contribution in [1.29, 1.82) is 0 Å². The lowest BCUT2D eigenvalue weighted by Crippen LogP contribution is -2.04. The Kier molecular flexibility index (Phi) is 4.88. The van der Waals surface area contributed by atoms with E-state index in [0.717, 1.165) is 33.6 Å². The number of pyridine rings is 1. The molecule has 0 N–H and O–H groups in total. The molecule has 1 heterocycles. The van der Waals surface area contributed by atoms with Gasteiger partial charge in [0.15, 0.2) is 5.78 Å². The Bertz CT molecular complexity index is 984. The highest BCUT2D eigenvalue weighted by Gasteiger charge is 2.11. The van der Waals surface area contributed by atoms with E-state index in [0.29, 0.717) is 6.42 Å². The van der Waals surface area contributed by atoms with Crippen LogP contribution in [0, 0.1) is 0 Å². The van der Waals surface area contributed by atoms with Crippen LogP contribution in [0.3, 0.4) is 0 Å². The SMILES string of the molecule is O=C(Cc1cc(-c2ccccc2)nc(-c2ccccc2)c1)c1ccccc1. The highest BCUT2D eigenvalue weighted by molar-refractivity contribution is 5.97. The lowest BCUT2D eigenvalue weighted by Gasteiger charge is -2.10. The van der Waals surface area contributed by atoms with E-state index in [2.05, 4.69) is 0 Å². The van der Waals surface area contributed by atoms with Crippen molar-refractivity contribution in [3.63, 3.8) is 0 Å². The average Bonchev–Trinajstić information content (AvgIpc) is 2.75. The number of carbonyl (C=O) groups excluding carboxylic acids is 1. The maximum absolute atomic E-state index is 12.7. The molecule has 0 atom stereocenters. The van der Waals surface area contributed by atoms with Crippen LogP contribution in [0.4, 0.5) is 0 Å². The highest BCUT2D eigenvalue weighted by atomic mass is 16.1. The molecule has 4 aromatic rings. The Morgan fingerprint density at radius 2 is 1.07 bits per heavy atom. The second-order valence-corrected chi connectivity index (χ2v) is 6.44. The topological polar surface area (TPSA) is 30.0 Å². The molecule has 0 radical (unpaired) electrons. The van der Waals surface area contributed by atoms with Gasteiger partial charge in [-0.3, -0.25) is 4.79 Å². The normalized spacial score (nSPS) is 10.5. The van der Waals surface area contributed by atoms with Gasteiger partial charge in [-0.1, -0.05) is 91.0 Å². The first kappa shape index (κ1) is 16.9. The summed E-state index contributed by atoms with van der Waals surface area (Å²) in [6.45, 7) is 0. The summed E-state index contributed by atoms with van der Waals surface area (Å²) >= 11 is 0. The van der Waals surface area contributed by atoms with Gasteiger partial charge in [0.25, 0.3) is 0 Å². The molecule has 130 valence electrons. The minimum absolute atomic E-state index is 0.111. The van der Waals surface area contributed by atoms with Crippen LogP contribution in [0.25, 0.3) is 22.5 Å². The fraction of sp³-hybridized carbons (Fsp3) is 0.0400. The summed E-state index contributed by atoms with van der Waals surface area (Å²) < 4.78 is 0. The van der Waals surface area contributed by atoms with E-state index in [9.17, 15) is 4.79 Å². The second kappa shape index (κ2) is 7.79. The van der Waals surface area contributed by atoms with E-state index in [4.69, 9.17) is 4.98 Å². The molecule has 1 aromatic heterocycles. The number of hydrogen-bond donors (Lipinski definition) is 0. The first-order valence-electron chi connectivity index (χ1n) is 9.00. The summed E-state index contributed by atoms with van der Waals surface area (Å²) in [5.74, 6) is 0.111. The molecule has 0 saturated carbocycles. The maximum Gasteiger partial charge on any atom is 0.167 e. The Morgan fingerprint density at radius 1 is 0.630 bits per heavy atom. The average molecular weight is 349 g/mol. The van der Waals surface area contributed by atoms with Crippen molar-refractivity contribution < 1.29 is 4.79 Å². The largest absolute Gasteiger partial charge is 0.294 e. The zero-order chi connectivity index (χ0) is 18.5. The van der Waals surface area contributed by atoms with Crippen molar-refractivity contribution in [2.24, 2.45) is 0 Å². The van der Waals surface area contributed by atoms with Gasteiger partial charge in [0.05, 0.1) is 11.4 Å². The van der Waals surface area contributed by atoms with E-state index < -0.39 is 0 Å². The fourth-order valence-corrected chi connectivity index (χ4v) is 3.11. The minimum atomic E-state index is 0.111. The van der Waals surface area contributed by atoms with Gasteiger partial charge >= 0.3 is 0 Å². The van der Waals surface area contributed by atoms with E-state index in [1.165, 1.54) is 0 Å². The maximum atomic E-state index is 12.7. The zero-order valence-corrected chi connectivity index (χ0v) is 14.9. The van der Waals surface area contributed by atoms with Crippen molar-refractivity contribution in [3.8, 4) is 22.5 Å². The van der Waals surface area contributed by atoms with Crippen LogP contribution in [0.1, 0.15) is 15.9 Å². The molecular formula is C25H19NO. The third-order valence-corrected chi connectivity index (χ3v) is 4.48. The van der Waals surface area contributed by atoms with Gasteiger partial charge in [0.2, 0.25) is 0 Å². The van der Waals surface area contributed by atoms with E-state index >= 15 is 0 Å². The predicted molar refractivity (Wildman–Crippen MR) is 110 cm³/mol. The minimum Gasteiger partial charge on any atom is -0.294 e. The molecule has 0 amide bonds. The molecule has 0 spiro atoms. The summed E-state index contributed by atoms with van der Waals surface area (Å²) in [5.41, 5.74) is 5.56. The molecule has 0 fully saturated rings. The number of benzene rings is 3. The molecule has 0 aliphatic heterocycles. The number of carbonyl (C=O) groups is 1. The quantitative estimate of drug-likeness (QED) is 0.424. The number of Topliss-reactive ketones (excluding diaryl/α,β-unsaturated/α-hetero) is 1. The molecule has 0 aliphatic rings. The molecule has 0 saturated heterocycles. The van der Waals surface area contributed by atoms with Gasteiger partial charge in [0, 0.05) is 23.1 Å². The molecule has 0 bridgehead atoms. The van der Waals surface area contributed by atoms with Crippen molar-refractivity contribution in [3.05, 3.63) is 114 Å². The summed E-state index contributed by atoms with van der Waals surface area (Å²) in [6.07, 6.45) is 0.353. The fourth-order valence-electron chi connectivity index (χ4n) is 3.11. The van der Waals surface area contributed by atoms with Crippen molar-refractivity contribution in [2.45, 2.75) is 6.42 Å². The third kappa shape index (κ3) is 4.01. The monoisotopic (exact) mass is 349 g/mol. The third-order valence-electron chi connectivity index (χ3n) is 4.48. The number of hydrogen-bond acceptors (Lipinski definition) is 2. The lowest BCUT2D eigenvalue weighted by molar-refractivity contribution is 0.0993. The van der Waals surface area contributed by atoms with Crippen LogP contribution >= 0.6 is 0 Å². The zero-order valence-electron chi connectivity index (χ0n) is 14.9. The molecule has 27 heavy (non-hydrogen) atoms. The number of rotatable bonds is 5. The van der Waals surface area contributed by atoms with Crippen LogP contribution < -0.4 is 0 Å². The Hall–Kier alpha value is -3.52. The second-order valence-electron chi connectivity index (χ2n) is 6.44. The lowest BCUT2D eigenvalue weighted by atomic mass is 9.99.